The molecule has 1 aliphatic carbocycles. The highest BCUT2D eigenvalue weighted by Crippen LogP contribution is 2.40. The quantitative estimate of drug-likeness (QED) is 0.395. The van der Waals surface area contributed by atoms with Crippen molar-refractivity contribution in [3.05, 3.63) is 64.5 Å². The van der Waals surface area contributed by atoms with E-state index in [2.05, 4.69) is 21.7 Å². The molecule has 2 fully saturated rings. The second-order valence-corrected chi connectivity index (χ2v) is 9.54. The predicted octanol–water partition coefficient (Wildman–Crippen LogP) is 5.10. The van der Waals surface area contributed by atoms with E-state index in [4.69, 9.17) is 10.5 Å². The minimum absolute atomic E-state index is 0.0731. The Kier molecular flexibility index (Phi) is 6.10. The average Bonchev–Trinajstić information content (AvgIpc) is 3.42. The molecule has 1 atom stereocenters. The normalized spacial score (nSPS) is 17.9. The fourth-order valence-corrected chi connectivity index (χ4v) is 4.98. The first-order valence-corrected chi connectivity index (χ1v) is 12.1. The molecule has 1 saturated heterocycles. The van der Waals surface area contributed by atoms with Crippen molar-refractivity contribution >= 4 is 33.8 Å². The van der Waals surface area contributed by atoms with Crippen LogP contribution in [0, 0.1) is 0 Å². The number of nitrogens with zero attached hydrogens (tertiary/aromatic N) is 1. The predicted molar refractivity (Wildman–Crippen MR) is 129 cm³/mol. The number of carbonyl (C=O) groups is 1. The van der Waals surface area contributed by atoms with Gasteiger partial charge in [0.05, 0.1) is 6.61 Å². The van der Waals surface area contributed by atoms with Crippen molar-refractivity contribution in [3.63, 3.8) is 0 Å². The van der Waals surface area contributed by atoms with Crippen molar-refractivity contribution < 1.29 is 9.53 Å². The molecule has 0 amide bonds. The van der Waals surface area contributed by atoms with Crippen LogP contribution in [0.4, 0.5) is 16.6 Å². The first kappa shape index (κ1) is 21.0. The topological polar surface area (TPSA) is 89.3 Å². The molecule has 32 heavy (non-hydrogen) atoms. The Morgan fingerprint density at radius 2 is 2.03 bits per heavy atom. The van der Waals surface area contributed by atoms with E-state index >= 15 is 0 Å². The summed E-state index contributed by atoms with van der Waals surface area (Å²) in [6.07, 6.45) is 5.93. The number of ketones is 1. The average molecular weight is 449 g/mol. The summed E-state index contributed by atoms with van der Waals surface area (Å²) in [4.78, 5) is 17.8. The van der Waals surface area contributed by atoms with Gasteiger partial charge in [0.2, 0.25) is 5.78 Å². The zero-order chi connectivity index (χ0) is 21.9. The fraction of sp³-hybridized carbons (Fsp3) is 0.360. The lowest BCUT2D eigenvalue weighted by Crippen LogP contribution is -2.23. The number of ether oxygens (including phenoxy) is 1. The van der Waals surface area contributed by atoms with Gasteiger partial charge in [0.15, 0.2) is 5.13 Å². The van der Waals surface area contributed by atoms with Crippen LogP contribution in [-0.4, -0.2) is 30.0 Å². The molecule has 2 aromatic carbocycles. The molecule has 1 saturated carbocycles. The lowest BCUT2D eigenvalue weighted by Gasteiger charge is -2.11. The highest BCUT2D eigenvalue weighted by Gasteiger charge is 2.25. The van der Waals surface area contributed by atoms with Crippen molar-refractivity contribution in [1.29, 1.82) is 0 Å². The van der Waals surface area contributed by atoms with Gasteiger partial charge in [-0.3, -0.25) is 4.79 Å². The largest absolute Gasteiger partial charge is 0.494 e. The first-order chi connectivity index (χ1) is 15.7. The van der Waals surface area contributed by atoms with E-state index in [0.29, 0.717) is 34.1 Å². The number of thiazole rings is 1. The van der Waals surface area contributed by atoms with Crippen molar-refractivity contribution in [3.8, 4) is 5.75 Å². The van der Waals surface area contributed by atoms with E-state index in [0.717, 1.165) is 24.4 Å². The van der Waals surface area contributed by atoms with Gasteiger partial charge in [0.1, 0.15) is 16.4 Å². The van der Waals surface area contributed by atoms with Crippen LogP contribution in [0.5, 0.6) is 5.75 Å². The van der Waals surface area contributed by atoms with E-state index in [1.807, 2.05) is 42.5 Å². The molecule has 2 heterocycles. The zero-order valence-corrected chi connectivity index (χ0v) is 18.8. The number of rotatable bonds is 9. The summed E-state index contributed by atoms with van der Waals surface area (Å²) in [6.45, 7) is 1.83. The Balaban J connectivity index is 1.20. The lowest BCUT2D eigenvalue weighted by atomic mass is 10.0. The monoisotopic (exact) mass is 448 g/mol. The van der Waals surface area contributed by atoms with Crippen LogP contribution in [0.2, 0.25) is 0 Å². The summed E-state index contributed by atoms with van der Waals surface area (Å²) >= 11 is 1.28. The van der Waals surface area contributed by atoms with Crippen LogP contribution in [-0.2, 0) is 0 Å². The lowest BCUT2D eigenvalue weighted by molar-refractivity contribution is 0.104. The molecule has 7 heteroatoms. The van der Waals surface area contributed by atoms with Gasteiger partial charge in [-0.05, 0) is 80.5 Å². The van der Waals surface area contributed by atoms with Gasteiger partial charge in [0.25, 0.3) is 0 Å². The second kappa shape index (κ2) is 9.30. The Hall–Kier alpha value is -2.90. The molecule has 1 aromatic heterocycles. The molecule has 6 nitrogen and oxygen atoms in total. The van der Waals surface area contributed by atoms with E-state index in [1.165, 1.54) is 42.6 Å². The summed E-state index contributed by atoms with van der Waals surface area (Å²) in [5.74, 6) is 1.64. The molecular weight excluding hydrogens is 420 g/mol. The minimum atomic E-state index is -0.0731. The van der Waals surface area contributed by atoms with Crippen molar-refractivity contribution in [2.75, 3.05) is 24.2 Å². The molecular formula is C25H28N4O2S. The third-order valence-corrected chi connectivity index (χ3v) is 7.05. The number of nitrogens with two attached hydrogens (primary N) is 1. The van der Waals surface area contributed by atoms with Gasteiger partial charge in [-0.2, -0.15) is 0 Å². The second-order valence-electron chi connectivity index (χ2n) is 8.54. The van der Waals surface area contributed by atoms with Crippen molar-refractivity contribution in [2.24, 2.45) is 0 Å². The maximum absolute atomic E-state index is 13.0. The van der Waals surface area contributed by atoms with Gasteiger partial charge in [-0.25, -0.2) is 4.98 Å². The summed E-state index contributed by atoms with van der Waals surface area (Å²) in [5.41, 5.74) is 8.87. The van der Waals surface area contributed by atoms with E-state index in [9.17, 15) is 4.79 Å². The van der Waals surface area contributed by atoms with E-state index < -0.39 is 0 Å². The zero-order valence-electron chi connectivity index (χ0n) is 18.0. The molecule has 166 valence electrons. The first-order valence-electron chi connectivity index (χ1n) is 11.3. The Bertz CT molecular complexity index is 1090. The number of hydrogen-bond acceptors (Lipinski definition) is 7. The number of nitrogen functional groups attached to an aromatic ring is 1. The maximum Gasteiger partial charge on any atom is 0.206 e. The van der Waals surface area contributed by atoms with Gasteiger partial charge in [0, 0.05) is 17.3 Å². The molecule has 3 aromatic rings. The Morgan fingerprint density at radius 3 is 2.78 bits per heavy atom. The van der Waals surface area contributed by atoms with Crippen LogP contribution < -0.4 is 21.1 Å². The SMILES string of the molecule is Nc1nc(Nc2ccc(OCCC3CCCN3)cc2)sc1C(=O)c1cccc(C2CC2)c1. The smallest absolute Gasteiger partial charge is 0.206 e. The summed E-state index contributed by atoms with van der Waals surface area (Å²) in [7, 11) is 0. The molecule has 5 rings (SSSR count). The molecule has 1 aliphatic heterocycles. The van der Waals surface area contributed by atoms with Crippen LogP contribution in [0.1, 0.15) is 58.8 Å². The highest BCUT2D eigenvalue weighted by atomic mass is 32.1. The minimum Gasteiger partial charge on any atom is -0.494 e. The van der Waals surface area contributed by atoms with Crippen LogP contribution in [0.25, 0.3) is 0 Å². The van der Waals surface area contributed by atoms with E-state index in [-0.39, 0.29) is 11.6 Å². The fourth-order valence-electron chi connectivity index (χ4n) is 4.11. The molecule has 1 unspecified atom stereocenters. The standard InChI is InChI=1S/C25H28N4O2S/c26-24-23(22(30)18-4-1-3-17(15-18)16-6-7-16)32-25(29-24)28-20-8-10-21(11-9-20)31-14-12-19-5-2-13-27-19/h1,3-4,8-11,15-16,19,27H,2,5-7,12-14,26H2,(H,28,29). The summed E-state index contributed by atoms with van der Waals surface area (Å²) in [6, 6.07) is 16.2. The molecule has 0 radical (unpaired) electrons. The van der Waals surface area contributed by atoms with Gasteiger partial charge in [-0.1, -0.05) is 29.5 Å². The van der Waals surface area contributed by atoms with Crippen LogP contribution in [0.3, 0.4) is 0 Å². The maximum atomic E-state index is 13.0. The molecule has 0 bridgehead atoms. The van der Waals surface area contributed by atoms with Crippen molar-refractivity contribution in [2.45, 2.75) is 44.1 Å². The Labute approximate surface area is 192 Å². The van der Waals surface area contributed by atoms with Crippen LogP contribution >= 0.6 is 11.3 Å². The number of benzene rings is 2. The third-order valence-electron chi connectivity index (χ3n) is 6.06. The number of hydrogen-bond donors (Lipinski definition) is 3. The Morgan fingerprint density at radius 1 is 1.19 bits per heavy atom. The van der Waals surface area contributed by atoms with E-state index in [1.54, 1.807) is 0 Å². The molecule has 0 spiro atoms. The number of nitrogens with one attached hydrogen (secondary N) is 2. The van der Waals surface area contributed by atoms with Gasteiger partial charge >= 0.3 is 0 Å². The number of carbonyl (C=O) groups excluding carboxylic acids is 1. The van der Waals surface area contributed by atoms with Crippen molar-refractivity contribution in [1.82, 2.24) is 10.3 Å². The third kappa shape index (κ3) is 4.95. The number of anilines is 3. The van der Waals surface area contributed by atoms with Gasteiger partial charge in [-0.15, -0.1) is 0 Å². The molecule has 2 aliphatic rings. The molecule has 4 N–H and O–H groups in total. The summed E-state index contributed by atoms with van der Waals surface area (Å²) in [5, 5.41) is 7.34. The van der Waals surface area contributed by atoms with Gasteiger partial charge < -0.3 is 21.1 Å². The highest BCUT2D eigenvalue weighted by molar-refractivity contribution is 7.18. The summed E-state index contributed by atoms with van der Waals surface area (Å²) < 4.78 is 5.86. The van der Waals surface area contributed by atoms with Crippen LogP contribution in [0.15, 0.2) is 48.5 Å². The number of aromatic nitrogens is 1.